The summed E-state index contributed by atoms with van der Waals surface area (Å²) in [5.74, 6) is -0.0967. The van der Waals surface area contributed by atoms with Crippen LogP contribution < -0.4 is 30.2 Å². The van der Waals surface area contributed by atoms with Crippen LogP contribution in [0.5, 0.6) is 17.2 Å². The van der Waals surface area contributed by atoms with Gasteiger partial charge in [0.15, 0.2) is 11.5 Å². The fourth-order valence-corrected chi connectivity index (χ4v) is 5.58. The summed E-state index contributed by atoms with van der Waals surface area (Å²) in [6.07, 6.45) is 2.23. The van der Waals surface area contributed by atoms with Crippen molar-refractivity contribution >= 4 is 45.9 Å². The van der Waals surface area contributed by atoms with Crippen LogP contribution in [-0.2, 0) is 25.7 Å². The number of methoxy groups -OCH3 is 3. The molecule has 2 aromatic carbocycles. The maximum Gasteiger partial charge on any atom is 0.408 e. The van der Waals surface area contributed by atoms with Crippen molar-refractivity contribution < 1.29 is 38.1 Å². The van der Waals surface area contributed by atoms with Gasteiger partial charge in [-0.2, -0.15) is 0 Å². The highest BCUT2D eigenvalue weighted by Crippen LogP contribution is 2.43. The number of hydrogen-bond acceptors (Lipinski definition) is 8. The molecule has 4 rings (SSSR count). The summed E-state index contributed by atoms with van der Waals surface area (Å²) in [7, 11) is 4.45. The molecule has 0 bridgehead atoms. The van der Waals surface area contributed by atoms with Gasteiger partial charge in [-0.25, -0.2) is 4.79 Å². The predicted octanol–water partition coefficient (Wildman–Crippen LogP) is 4.68. The van der Waals surface area contributed by atoms with E-state index in [0.717, 1.165) is 10.9 Å². The highest BCUT2D eigenvalue weighted by molar-refractivity contribution is 6.50. The van der Waals surface area contributed by atoms with Crippen molar-refractivity contribution in [3.63, 3.8) is 0 Å². The summed E-state index contributed by atoms with van der Waals surface area (Å²) < 4.78 is 23.8. The maximum atomic E-state index is 13.3. The van der Waals surface area contributed by atoms with Gasteiger partial charge in [-0.05, 0) is 63.3 Å². The number of alkyl carbamates (subject to hydrolysis) is 1. The Morgan fingerprint density at radius 2 is 1.57 bits per heavy atom. The number of aromatic nitrogens is 1. The zero-order valence-electron chi connectivity index (χ0n) is 28.2. The van der Waals surface area contributed by atoms with Crippen LogP contribution in [0.15, 0.2) is 42.6 Å². The van der Waals surface area contributed by atoms with E-state index in [1.54, 1.807) is 32.9 Å². The molecule has 4 amide bonds. The minimum absolute atomic E-state index is 0.171. The van der Waals surface area contributed by atoms with Crippen molar-refractivity contribution in [1.29, 1.82) is 0 Å². The number of fused-ring (bicyclic) bond motifs is 1. The zero-order valence-corrected chi connectivity index (χ0v) is 28.2. The van der Waals surface area contributed by atoms with Crippen molar-refractivity contribution in [2.75, 3.05) is 27.9 Å². The first-order valence-electron chi connectivity index (χ1n) is 15.5. The van der Waals surface area contributed by atoms with Gasteiger partial charge in [-0.15, -0.1) is 0 Å². The number of nitrogens with zero attached hydrogens (tertiary/aromatic N) is 1. The SMILES string of the molecule is COc1cc(C2=C(c3cn(CCCNC(=O)C(CC(C)C)NC(=O)OC(C)(C)C)c4ccccc34)C(=O)NC2=O)cc(OC)c1OC. The maximum absolute atomic E-state index is 13.3. The Balaban J connectivity index is 1.59. The van der Waals surface area contributed by atoms with E-state index in [9.17, 15) is 19.2 Å². The number of hydrogen-bond donors (Lipinski definition) is 3. The molecule has 0 saturated carbocycles. The average molecular weight is 649 g/mol. The molecule has 0 aliphatic carbocycles. The highest BCUT2D eigenvalue weighted by atomic mass is 16.6. The molecule has 1 atom stereocenters. The van der Waals surface area contributed by atoms with Crippen molar-refractivity contribution in [1.82, 2.24) is 20.5 Å². The van der Waals surface area contributed by atoms with Crippen LogP contribution in [-0.4, -0.2) is 67.9 Å². The second-order valence-electron chi connectivity index (χ2n) is 12.7. The molecule has 1 unspecified atom stereocenters. The molecule has 1 aliphatic heterocycles. The number of imide groups is 1. The van der Waals surface area contributed by atoms with E-state index in [-0.39, 0.29) is 23.0 Å². The molecule has 1 aliphatic rings. The van der Waals surface area contributed by atoms with Gasteiger partial charge in [0.25, 0.3) is 11.8 Å². The summed E-state index contributed by atoms with van der Waals surface area (Å²) in [5.41, 5.74) is 1.64. The molecule has 0 spiro atoms. The topological polar surface area (TPSA) is 146 Å². The van der Waals surface area contributed by atoms with Gasteiger partial charge in [0.05, 0.1) is 32.5 Å². The van der Waals surface area contributed by atoms with E-state index < -0.39 is 29.6 Å². The number of aryl methyl sites for hydroxylation is 1. The lowest BCUT2D eigenvalue weighted by atomic mass is 9.95. The first kappa shape index (κ1) is 34.9. The summed E-state index contributed by atoms with van der Waals surface area (Å²) in [4.78, 5) is 51.9. The van der Waals surface area contributed by atoms with Gasteiger partial charge in [-0.1, -0.05) is 32.0 Å². The third kappa shape index (κ3) is 8.05. The monoisotopic (exact) mass is 648 g/mol. The minimum atomic E-state index is -0.733. The van der Waals surface area contributed by atoms with Crippen LogP contribution >= 0.6 is 0 Å². The predicted molar refractivity (Wildman–Crippen MR) is 178 cm³/mol. The molecule has 0 radical (unpaired) electrons. The smallest absolute Gasteiger partial charge is 0.408 e. The first-order valence-corrected chi connectivity index (χ1v) is 15.5. The van der Waals surface area contributed by atoms with Crippen LogP contribution in [0.2, 0.25) is 0 Å². The molecule has 1 aromatic heterocycles. The van der Waals surface area contributed by atoms with E-state index in [2.05, 4.69) is 16.0 Å². The van der Waals surface area contributed by atoms with Gasteiger partial charge in [0, 0.05) is 35.8 Å². The Hall–Kier alpha value is -5.00. The molecular formula is C35H44N4O8. The lowest BCUT2D eigenvalue weighted by Crippen LogP contribution is -2.49. The second-order valence-corrected chi connectivity index (χ2v) is 12.7. The fourth-order valence-electron chi connectivity index (χ4n) is 5.58. The van der Waals surface area contributed by atoms with Crippen molar-refractivity contribution in [2.24, 2.45) is 5.92 Å². The van der Waals surface area contributed by atoms with Gasteiger partial charge in [0.1, 0.15) is 11.6 Å². The van der Waals surface area contributed by atoms with Gasteiger partial charge < -0.3 is 34.1 Å². The van der Waals surface area contributed by atoms with Crippen LogP contribution in [0.3, 0.4) is 0 Å². The minimum Gasteiger partial charge on any atom is -0.493 e. The zero-order chi connectivity index (χ0) is 34.5. The van der Waals surface area contributed by atoms with Crippen molar-refractivity contribution in [2.45, 2.75) is 65.6 Å². The Kier molecular flexibility index (Phi) is 10.8. The highest BCUT2D eigenvalue weighted by Gasteiger charge is 2.35. The summed E-state index contributed by atoms with van der Waals surface area (Å²) >= 11 is 0. The molecule has 2 heterocycles. The normalized spacial score (nSPS) is 13.9. The summed E-state index contributed by atoms with van der Waals surface area (Å²) in [6.45, 7) is 10.1. The number of nitrogens with one attached hydrogen (secondary N) is 3. The molecule has 0 saturated heterocycles. The summed E-state index contributed by atoms with van der Waals surface area (Å²) in [6, 6.07) is 10.2. The number of rotatable bonds is 13. The third-order valence-corrected chi connectivity index (χ3v) is 7.53. The molecule has 12 heteroatoms. The standard InChI is InChI=1S/C35H44N4O8/c1-20(2)16-24(37-34(43)47-35(3,4)5)31(40)36-14-11-15-39-19-23(22-12-9-10-13-25(22)39)29-28(32(41)38-33(29)42)21-17-26(44-6)30(46-8)27(18-21)45-7/h9-10,12-13,17-20,24H,11,14-16H2,1-8H3,(H,36,40)(H,37,43)(H,38,41,42). The largest absolute Gasteiger partial charge is 0.493 e. The number of ether oxygens (including phenoxy) is 4. The molecular weight excluding hydrogens is 604 g/mol. The quantitative estimate of drug-likeness (QED) is 0.179. The van der Waals surface area contributed by atoms with E-state index >= 15 is 0 Å². The van der Waals surface area contributed by atoms with E-state index in [1.165, 1.54) is 21.3 Å². The molecule has 47 heavy (non-hydrogen) atoms. The Morgan fingerprint density at radius 3 is 2.17 bits per heavy atom. The van der Waals surface area contributed by atoms with E-state index in [1.807, 2.05) is 48.9 Å². The average Bonchev–Trinajstić information content (AvgIpc) is 3.51. The lowest BCUT2D eigenvalue weighted by Gasteiger charge is -2.24. The van der Waals surface area contributed by atoms with Crippen LogP contribution in [0.1, 0.15) is 58.6 Å². The number of carbonyl (C=O) groups excluding carboxylic acids is 4. The number of benzene rings is 2. The number of para-hydroxylation sites is 1. The van der Waals surface area contributed by atoms with Gasteiger partial charge in [-0.3, -0.25) is 19.7 Å². The number of amides is 4. The Bertz CT molecular complexity index is 1670. The summed E-state index contributed by atoms with van der Waals surface area (Å²) in [5, 5.41) is 8.87. The first-order chi connectivity index (χ1) is 22.3. The molecule has 252 valence electrons. The third-order valence-electron chi connectivity index (χ3n) is 7.53. The second kappa shape index (κ2) is 14.6. The van der Waals surface area contributed by atoms with Crippen LogP contribution in [0.4, 0.5) is 4.79 Å². The van der Waals surface area contributed by atoms with Crippen molar-refractivity contribution in [3.8, 4) is 17.2 Å². The van der Waals surface area contributed by atoms with E-state index in [0.29, 0.717) is 54.3 Å². The van der Waals surface area contributed by atoms with Crippen molar-refractivity contribution in [3.05, 3.63) is 53.7 Å². The Labute approximate surface area is 274 Å². The number of carbonyl (C=O) groups is 4. The molecule has 12 nitrogen and oxygen atoms in total. The van der Waals surface area contributed by atoms with Crippen LogP contribution in [0, 0.1) is 5.92 Å². The van der Waals surface area contributed by atoms with Gasteiger partial charge in [0.2, 0.25) is 11.7 Å². The van der Waals surface area contributed by atoms with Crippen LogP contribution in [0.25, 0.3) is 22.0 Å². The lowest BCUT2D eigenvalue weighted by molar-refractivity contribution is -0.124. The fraction of sp³-hybridized carbons (Fsp3) is 0.429. The molecule has 3 N–H and O–H groups in total. The molecule has 0 fully saturated rings. The molecule has 3 aromatic rings. The van der Waals surface area contributed by atoms with E-state index in [4.69, 9.17) is 18.9 Å². The van der Waals surface area contributed by atoms with Gasteiger partial charge >= 0.3 is 6.09 Å². The Morgan fingerprint density at radius 1 is 0.936 bits per heavy atom.